The minimum absolute atomic E-state index is 0.138. The van der Waals surface area contributed by atoms with Crippen LogP contribution in [0.5, 0.6) is 0 Å². The fourth-order valence-corrected chi connectivity index (χ4v) is 2.61. The summed E-state index contributed by atoms with van der Waals surface area (Å²) in [6, 6.07) is 1.79. The highest BCUT2D eigenvalue weighted by atomic mass is 16.3. The molecular formula is C12H17N5O2. The number of nitrogens with zero attached hydrogens (tertiary/aromatic N) is 4. The van der Waals surface area contributed by atoms with Gasteiger partial charge in [-0.05, 0) is 25.7 Å². The Morgan fingerprint density at radius 3 is 3.00 bits per heavy atom. The van der Waals surface area contributed by atoms with E-state index in [4.69, 9.17) is 0 Å². The SMILES string of the molecule is Cc1nc(N(C)CC2CC(O)C2)cc2n[nH]c(=O)n12. The standard InChI is InChI=1S/C12H17N5O2/c1-7-13-10(5-11-14-15-12(19)17(7)11)16(2)6-8-3-9(18)4-8/h5,8-9,18H,3-4,6H2,1-2H3,(H,15,19). The lowest BCUT2D eigenvalue weighted by Gasteiger charge is -2.34. The third-order valence-corrected chi connectivity index (χ3v) is 3.69. The van der Waals surface area contributed by atoms with E-state index in [1.807, 2.05) is 11.9 Å². The topological polar surface area (TPSA) is 86.5 Å². The first-order valence-corrected chi connectivity index (χ1v) is 6.38. The maximum absolute atomic E-state index is 11.5. The molecule has 0 saturated heterocycles. The van der Waals surface area contributed by atoms with Crippen molar-refractivity contribution in [1.29, 1.82) is 0 Å². The molecule has 2 aromatic heterocycles. The molecule has 0 spiro atoms. The van der Waals surface area contributed by atoms with E-state index in [0.717, 1.165) is 25.2 Å². The lowest BCUT2D eigenvalue weighted by atomic mass is 9.82. The van der Waals surface area contributed by atoms with Crippen molar-refractivity contribution >= 4 is 11.5 Å². The number of nitrogens with one attached hydrogen (secondary N) is 1. The number of aryl methyl sites for hydroxylation is 1. The van der Waals surface area contributed by atoms with Gasteiger partial charge in [-0.15, -0.1) is 0 Å². The Morgan fingerprint density at radius 1 is 1.58 bits per heavy atom. The van der Waals surface area contributed by atoms with Crippen LogP contribution in [0.15, 0.2) is 10.9 Å². The Labute approximate surface area is 109 Å². The van der Waals surface area contributed by atoms with E-state index >= 15 is 0 Å². The summed E-state index contributed by atoms with van der Waals surface area (Å²) in [7, 11) is 1.97. The highest BCUT2D eigenvalue weighted by Gasteiger charge is 2.28. The number of hydrogen-bond donors (Lipinski definition) is 2. The van der Waals surface area contributed by atoms with E-state index in [0.29, 0.717) is 17.4 Å². The van der Waals surface area contributed by atoms with Crippen LogP contribution in [0.25, 0.3) is 5.65 Å². The Balaban J connectivity index is 1.86. The summed E-state index contributed by atoms with van der Waals surface area (Å²) in [6.07, 6.45) is 1.57. The molecule has 102 valence electrons. The molecule has 0 amide bonds. The molecule has 0 aromatic carbocycles. The van der Waals surface area contributed by atoms with Crippen LogP contribution in [0.2, 0.25) is 0 Å². The first-order valence-electron chi connectivity index (χ1n) is 6.38. The molecule has 0 aliphatic heterocycles. The molecule has 1 saturated carbocycles. The van der Waals surface area contributed by atoms with Gasteiger partial charge in [0.25, 0.3) is 0 Å². The van der Waals surface area contributed by atoms with Crippen LogP contribution in [0.4, 0.5) is 5.82 Å². The van der Waals surface area contributed by atoms with Gasteiger partial charge in [0.2, 0.25) is 0 Å². The zero-order chi connectivity index (χ0) is 13.6. The van der Waals surface area contributed by atoms with Gasteiger partial charge in [0.1, 0.15) is 11.6 Å². The molecule has 19 heavy (non-hydrogen) atoms. The number of rotatable bonds is 3. The van der Waals surface area contributed by atoms with Gasteiger partial charge < -0.3 is 10.0 Å². The average molecular weight is 263 g/mol. The van der Waals surface area contributed by atoms with Crippen molar-refractivity contribution in [2.75, 3.05) is 18.5 Å². The Morgan fingerprint density at radius 2 is 2.32 bits per heavy atom. The molecule has 0 bridgehead atoms. The minimum Gasteiger partial charge on any atom is -0.393 e. The Kier molecular flexibility index (Phi) is 2.78. The minimum atomic E-state index is -0.267. The van der Waals surface area contributed by atoms with Gasteiger partial charge in [-0.2, -0.15) is 5.10 Å². The molecule has 0 radical (unpaired) electrons. The van der Waals surface area contributed by atoms with Gasteiger partial charge in [-0.1, -0.05) is 0 Å². The summed E-state index contributed by atoms with van der Waals surface area (Å²) in [4.78, 5) is 18.0. The van der Waals surface area contributed by atoms with Crippen molar-refractivity contribution in [1.82, 2.24) is 19.6 Å². The van der Waals surface area contributed by atoms with E-state index < -0.39 is 0 Å². The molecule has 7 nitrogen and oxygen atoms in total. The van der Waals surface area contributed by atoms with Crippen LogP contribution < -0.4 is 10.6 Å². The molecule has 0 unspecified atom stereocenters. The number of fused-ring (bicyclic) bond motifs is 1. The van der Waals surface area contributed by atoms with Gasteiger partial charge >= 0.3 is 5.69 Å². The molecule has 0 atom stereocenters. The predicted molar refractivity (Wildman–Crippen MR) is 70.3 cm³/mol. The molecule has 2 N–H and O–H groups in total. The lowest BCUT2D eigenvalue weighted by molar-refractivity contribution is 0.0464. The first kappa shape index (κ1) is 12.2. The summed E-state index contributed by atoms with van der Waals surface area (Å²) >= 11 is 0. The van der Waals surface area contributed by atoms with Crippen LogP contribution in [-0.2, 0) is 0 Å². The van der Waals surface area contributed by atoms with Crippen LogP contribution in [0.3, 0.4) is 0 Å². The molecule has 7 heteroatoms. The number of aliphatic hydroxyl groups is 1. The fourth-order valence-electron chi connectivity index (χ4n) is 2.61. The molecule has 2 heterocycles. The van der Waals surface area contributed by atoms with E-state index in [9.17, 15) is 9.90 Å². The van der Waals surface area contributed by atoms with Gasteiger partial charge in [0, 0.05) is 19.7 Å². The van der Waals surface area contributed by atoms with Crippen molar-refractivity contribution in [3.05, 3.63) is 22.4 Å². The third kappa shape index (κ3) is 2.10. The summed E-state index contributed by atoms with van der Waals surface area (Å²) in [6.45, 7) is 2.64. The number of H-pyrrole nitrogens is 1. The zero-order valence-corrected chi connectivity index (χ0v) is 11.0. The van der Waals surface area contributed by atoms with Crippen molar-refractivity contribution in [3.63, 3.8) is 0 Å². The van der Waals surface area contributed by atoms with E-state index in [1.54, 1.807) is 13.0 Å². The molecule has 1 aliphatic rings. The summed E-state index contributed by atoms with van der Waals surface area (Å²) in [5, 5.41) is 15.7. The number of anilines is 1. The van der Waals surface area contributed by atoms with Crippen molar-refractivity contribution in [3.8, 4) is 0 Å². The second-order valence-electron chi connectivity index (χ2n) is 5.26. The quantitative estimate of drug-likeness (QED) is 0.809. The van der Waals surface area contributed by atoms with E-state index in [2.05, 4.69) is 15.2 Å². The monoisotopic (exact) mass is 263 g/mol. The Hall–Kier alpha value is -1.89. The van der Waals surface area contributed by atoms with Crippen molar-refractivity contribution < 1.29 is 5.11 Å². The largest absolute Gasteiger partial charge is 0.393 e. The number of aromatic amines is 1. The van der Waals surface area contributed by atoms with Crippen LogP contribution in [-0.4, -0.2) is 44.4 Å². The summed E-state index contributed by atoms with van der Waals surface area (Å²) in [5.74, 6) is 1.93. The second-order valence-corrected chi connectivity index (χ2v) is 5.26. The molecule has 2 aromatic rings. The zero-order valence-electron chi connectivity index (χ0n) is 11.0. The number of hydrogen-bond acceptors (Lipinski definition) is 5. The van der Waals surface area contributed by atoms with Crippen molar-refractivity contribution in [2.45, 2.75) is 25.9 Å². The van der Waals surface area contributed by atoms with Crippen molar-refractivity contribution in [2.24, 2.45) is 5.92 Å². The molecule has 3 rings (SSSR count). The van der Waals surface area contributed by atoms with Crippen LogP contribution in [0, 0.1) is 12.8 Å². The summed E-state index contributed by atoms with van der Waals surface area (Å²) < 4.78 is 1.45. The van der Waals surface area contributed by atoms with Gasteiger partial charge in [-0.25, -0.2) is 19.3 Å². The fraction of sp³-hybridized carbons (Fsp3) is 0.583. The smallest absolute Gasteiger partial charge is 0.349 e. The second kappa shape index (κ2) is 4.34. The maximum Gasteiger partial charge on any atom is 0.349 e. The lowest BCUT2D eigenvalue weighted by Crippen LogP contribution is -2.37. The van der Waals surface area contributed by atoms with E-state index in [-0.39, 0.29) is 11.8 Å². The number of aromatic nitrogens is 4. The highest BCUT2D eigenvalue weighted by molar-refractivity contribution is 5.51. The predicted octanol–water partition coefficient (Wildman–Crippen LogP) is -0.0669. The van der Waals surface area contributed by atoms with Crippen LogP contribution in [0.1, 0.15) is 18.7 Å². The third-order valence-electron chi connectivity index (χ3n) is 3.69. The van der Waals surface area contributed by atoms with Crippen LogP contribution >= 0.6 is 0 Å². The highest BCUT2D eigenvalue weighted by Crippen LogP contribution is 2.28. The molecule has 1 fully saturated rings. The first-order chi connectivity index (χ1) is 9.04. The number of aliphatic hydroxyl groups excluding tert-OH is 1. The maximum atomic E-state index is 11.5. The summed E-state index contributed by atoms with van der Waals surface area (Å²) in [5.41, 5.74) is 0.310. The normalized spacial score (nSPS) is 22.5. The van der Waals surface area contributed by atoms with E-state index in [1.165, 1.54) is 4.40 Å². The van der Waals surface area contributed by atoms with Gasteiger partial charge in [0.05, 0.1) is 6.10 Å². The average Bonchev–Trinajstić information content (AvgIpc) is 2.69. The Bertz CT molecular complexity index is 656. The molecular weight excluding hydrogens is 246 g/mol. The molecule has 1 aliphatic carbocycles. The van der Waals surface area contributed by atoms with Gasteiger partial charge in [0.15, 0.2) is 5.65 Å². The van der Waals surface area contributed by atoms with Gasteiger partial charge in [-0.3, -0.25) is 0 Å².